The van der Waals surface area contributed by atoms with Gasteiger partial charge in [0.2, 0.25) is 0 Å². The first-order valence-corrected chi connectivity index (χ1v) is 11.8. The maximum atomic E-state index is 13.6. The second-order valence-electron chi connectivity index (χ2n) is 7.41. The molecule has 1 atom stereocenters. The van der Waals surface area contributed by atoms with E-state index in [1.54, 1.807) is 50.3 Å². The third-order valence-electron chi connectivity index (χ3n) is 5.27. The molecule has 10 heteroatoms. The number of halogens is 2. The van der Waals surface area contributed by atoms with Crippen molar-refractivity contribution in [3.63, 3.8) is 0 Å². The van der Waals surface area contributed by atoms with E-state index in [2.05, 4.69) is 4.99 Å². The first kappa shape index (κ1) is 24.1. The van der Waals surface area contributed by atoms with E-state index in [0.29, 0.717) is 31.2 Å². The van der Waals surface area contributed by atoms with Gasteiger partial charge in [-0.05, 0) is 55.3 Å². The number of phenolic OH excluding ortho intramolecular Hbond substituents is 1. The molecule has 2 aromatic carbocycles. The van der Waals surface area contributed by atoms with Crippen molar-refractivity contribution in [2.24, 2.45) is 4.99 Å². The lowest BCUT2D eigenvalue weighted by atomic mass is 9.96. The average molecular weight is 519 g/mol. The Morgan fingerprint density at radius 1 is 1.26 bits per heavy atom. The minimum absolute atomic E-state index is 0.0952. The molecule has 0 fully saturated rings. The first-order valence-electron chi connectivity index (χ1n) is 10.3. The van der Waals surface area contributed by atoms with E-state index < -0.39 is 12.0 Å². The summed E-state index contributed by atoms with van der Waals surface area (Å²) in [7, 11) is 1.41. The summed E-state index contributed by atoms with van der Waals surface area (Å²) >= 11 is 13.4. The molecule has 7 nitrogen and oxygen atoms in total. The van der Waals surface area contributed by atoms with Gasteiger partial charge < -0.3 is 14.6 Å². The molecular formula is C24H20Cl2N2O5S. The molecule has 176 valence electrons. The minimum Gasteiger partial charge on any atom is -0.503 e. The van der Waals surface area contributed by atoms with Gasteiger partial charge in [0, 0.05) is 5.02 Å². The smallest absolute Gasteiger partial charge is 0.338 e. The molecule has 0 spiro atoms. The number of thiazole rings is 1. The third kappa shape index (κ3) is 4.36. The van der Waals surface area contributed by atoms with Crippen LogP contribution in [0.25, 0.3) is 6.08 Å². The number of benzene rings is 2. The number of esters is 1. The summed E-state index contributed by atoms with van der Waals surface area (Å²) in [4.78, 5) is 31.4. The molecule has 34 heavy (non-hydrogen) atoms. The molecule has 4 rings (SSSR count). The molecule has 1 aromatic heterocycles. The molecule has 0 saturated carbocycles. The van der Waals surface area contributed by atoms with E-state index in [9.17, 15) is 14.7 Å². The molecule has 0 bridgehead atoms. The number of aromatic nitrogens is 1. The molecule has 1 unspecified atom stereocenters. The number of allylic oxidation sites excluding steroid dienone is 1. The number of hydrogen-bond acceptors (Lipinski definition) is 7. The van der Waals surface area contributed by atoms with Gasteiger partial charge in [-0.25, -0.2) is 9.79 Å². The highest BCUT2D eigenvalue weighted by Gasteiger charge is 2.33. The number of carbonyl (C=O) groups is 1. The summed E-state index contributed by atoms with van der Waals surface area (Å²) in [6.45, 7) is 3.63. The van der Waals surface area contributed by atoms with Crippen LogP contribution in [-0.4, -0.2) is 29.4 Å². The van der Waals surface area contributed by atoms with Gasteiger partial charge in [0.25, 0.3) is 5.56 Å². The van der Waals surface area contributed by atoms with Crippen molar-refractivity contribution < 1.29 is 19.4 Å². The van der Waals surface area contributed by atoms with Crippen molar-refractivity contribution in [1.29, 1.82) is 0 Å². The van der Waals surface area contributed by atoms with Crippen LogP contribution >= 0.6 is 34.5 Å². The van der Waals surface area contributed by atoms with E-state index in [1.807, 2.05) is 0 Å². The highest BCUT2D eigenvalue weighted by atomic mass is 35.5. The summed E-state index contributed by atoms with van der Waals surface area (Å²) in [6, 6.07) is 9.33. The number of ether oxygens (including phenoxy) is 2. The van der Waals surface area contributed by atoms with Crippen molar-refractivity contribution in [3.05, 3.63) is 88.5 Å². The Kier molecular flexibility index (Phi) is 6.84. The molecule has 1 aliphatic heterocycles. The number of nitrogens with zero attached hydrogens (tertiary/aromatic N) is 2. The minimum atomic E-state index is -0.729. The van der Waals surface area contributed by atoms with Crippen molar-refractivity contribution in [2.45, 2.75) is 19.9 Å². The standard InChI is InChI=1S/C24H20Cl2N2O5S/c1-4-33-23(31)19-12(2)27-24-28(20(19)14-5-7-15(25)8-6-14)22(30)18(34-24)11-13-9-16(26)21(29)17(10-13)32-3/h5-11,20,29H,4H2,1-3H3/b18-11+. The maximum absolute atomic E-state index is 13.6. The van der Waals surface area contributed by atoms with Gasteiger partial charge in [-0.3, -0.25) is 9.36 Å². The largest absolute Gasteiger partial charge is 0.503 e. The summed E-state index contributed by atoms with van der Waals surface area (Å²) in [5, 5.41) is 10.6. The molecule has 3 aromatic rings. The Labute approximate surface area is 208 Å². The highest BCUT2D eigenvalue weighted by Crippen LogP contribution is 2.35. The lowest BCUT2D eigenvalue weighted by molar-refractivity contribution is -0.139. The van der Waals surface area contributed by atoms with E-state index in [1.165, 1.54) is 29.1 Å². The zero-order chi connectivity index (χ0) is 24.6. The Morgan fingerprint density at radius 3 is 2.62 bits per heavy atom. The molecule has 0 saturated heterocycles. The Morgan fingerprint density at radius 2 is 1.97 bits per heavy atom. The van der Waals surface area contributed by atoms with Crippen molar-refractivity contribution >= 4 is 46.6 Å². The zero-order valence-electron chi connectivity index (χ0n) is 18.5. The van der Waals surface area contributed by atoms with E-state index in [4.69, 9.17) is 32.7 Å². The van der Waals surface area contributed by atoms with Gasteiger partial charge in [0.05, 0.1) is 40.6 Å². The first-order chi connectivity index (χ1) is 16.2. The van der Waals surface area contributed by atoms with Gasteiger partial charge >= 0.3 is 5.97 Å². The number of methoxy groups -OCH3 is 1. The van der Waals surface area contributed by atoms with Crippen LogP contribution < -0.4 is 19.6 Å². The van der Waals surface area contributed by atoms with Crippen LogP contribution in [-0.2, 0) is 9.53 Å². The SMILES string of the molecule is CCOC(=O)C1=C(C)N=c2s/c(=C/c3cc(Cl)c(O)c(OC)c3)c(=O)n2C1c1ccc(Cl)cc1. The highest BCUT2D eigenvalue weighted by molar-refractivity contribution is 7.07. The fraction of sp³-hybridized carbons (Fsp3) is 0.208. The Bertz CT molecular complexity index is 1490. The molecule has 1 aliphatic rings. The number of hydrogen-bond donors (Lipinski definition) is 1. The van der Waals surface area contributed by atoms with Crippen LogP contribution in [0.3, 0.4) is 0 Å². The Hall–Kier alpha value is -3.07. The van der Waals surface area contributed by atoms with E-state index >= 15 is 0 Å². The zero-order valence-corrected chi connectivity index (χ0v) is 20.8. The number of rotatable bonds is 5. The lowest BCUT2D eigenvalue weighted by Crippen LogP contribution is -2.39. The Balaban J connectivity index is 1.95. The van der Waals surface area contributed by atoms with Crippen molar-refractivity contribution in [2.75, 3.05) is 13.7 Å². The lowest BCUT2D eigenvalue weighted by Gasteiger charge is -2.24. The molecule has 1 N–H and O–H groups in total. The monoisotopic (exact) mass is 518 g/mol. The second kappa shape index (κ2) is 9.66. The van der Waals surface area contributed by atoms with Crippen LogP contribution in [0.1, 0.15) is 31.0 Å². The van der Waals surface area contributed by atoms with Crippen LogP contribution in [0.15, 0.2) is 57.5 Å². The third-order valence-corrected chi connectivity index (χ3v) is 6.79. The second-order valence-corrected chi connectivity index (χ2v) is 9.26. The predicted octanol–water partition coefficient (Wildman–Crippen LogP) is 3.82. The summed E-state index contributed by atoms with van der Waals surface area (Å²) in [6.07, 6.45) is 1.64. The maximum Gasteiger partial charge on any atom is 0.338 e. The van der Waals surface area contributed by atoms with Gasteiger partial charge in [-0.2, -0.15) is 0 Å². The van der Waals surface area contributed by atoms with Crippen molar-refractivity contribution in [3.8, 4) is 11.5 Å². The van der Waals surface area contributed by atoms with E-state index in [0.717, 1.165) is 0 Å². The topological polar surface area (TPSA) is 90.1 Å². The van der Waals surface area contributed by atoms with Crippen molar-refractivity contribution in [1.82, 2.24) is 4.57 Å². The van der Waals surface area contributed by atoms with Gasteiger partial charge in [0.1, 0.15) is 0 Å². The quantitative estimate of drug-likeness (QED) is 0.518. The molecular weight excluding hydrogens is 499 g/mol. The summed E-state index contributed by atoms with van der Waals surface area (Å²) in [5.74, 6) is -0.528. The number of phenols is 1. The summed E-state index contributed by atoms with van der Waals surface area (Å²) < 4.78 is 12.3. The number of carbonyl (C=O) groups excluding carboxylic acids is 1. The van der Waals surface area contributed by atoms with Gasteiger partial charge in [-0.1, -0.05) is 46.7 Å². The van der Waals surface area contributed by atoms with Gasteiger partial charge in [0.15, 0.2) is 16.3 Å². The van der Waals surface area contributed by atoms with Crippen LogP contribution in [0.2, 0.25) is 10.0 Å². The predicted molar refractivity (Wildman–Crippen MR) is 132 cm³/mol. The molecule has 0 aliphatic carbocycles. The van der Waals surface area contributed by atoms with E-state index in [-0.39, 0.29) is 34.3 Å². The van der Waals surface area contributed by atoms with Crippen LogP contribution in [0, 0.1) is 0 Å². The van der Waals surface area contributed by atoms with Gasteiger partial charge in [-0.15, -0.1) is 0 Å². The number of aromatic hydroxyl groups is 1. The molecule has 2 heterocycles. The van der Waals surface area contributed by atoms with Crippen LogP contribution in [0.4, 0.5) is 0 Å². The molecule has 0 amide bonds. The normalized spacial score (nSPS) is 15.7. The van der Waals surface area contributed by atoms with Crippen LogP contribution in [0.5, 0.6) is 11.5 Å². The fourth-order valence-corrected chi connectivity index (χ4v) is 5.13. The fourth-order valence-electron chi connectivity index (χ4n) is 3.74. The molecule has 0 radical (unpaired) electrons. The summed E-state index contributed by atoms with van der Waals surface area (Å²) in [5.41, 5.74) is 1.69. The number of fused-ring (bicyclic) bond motifs is 1. The average Bonchev–Trinajstić information content (AvgIpc) is 3.10.